The molecule has 1 fully saturated rings. The first-order chi connectivity index (χ1) is 16.1. The van der Waals surface area contributed by atoms with E-state index in [-0.39, 0.29) is 27.8 Å². The van der Waals surface area contributed by atoms with Gasteiger partial charge in [-0.3, -0.25) is 0 Å². The maximum absolute atomic E-state index is 13.3. The summed E-state index contributed by atoms with van der Waals surface area (Å²) in [5.41, 5.74) is 1.24. The van der Waals surface area contributed by atoms with Gasteiger partial charge >= 0.3 is 6.18 Å². The molecule has 1 saturated heterocycles. The summed E-state index contributed by atoms with van der Waals surface area (Å²) in [5.74, 6) is 0. The smallest absolute Gasteiger partial charge is 0.378 e. The van der Waals surface area contributed by atoms with Gasteiger partial charge in [-0.25, -0.2) is 0 Å². The maximum Gasteiger partial charge on any atom is 0.416 e. The molecule has 0 aromatic heterocycles. The van der Waals surface area contributed by atoms with Gasteiger partial charge in [0.15, 0.2) is 5.11 Å². The van der Waals surface area contributed by atoms with Gasteiger partial charge in [0.25, 0.3) is 0 Å². The van der Waals surface area contributed by atoms with E-state index >= 15 is 0 Å². The summed E-state index contributed by atoms with van der Waals surface area (Å²) in [6.07, 6.45) is -2.83. The van der Waals surface area contributed by atoms with Gasteiger partial charge in [0.1, 0.15) is 0 Å². The number of halogens is 4. The molecule has 2 N–H and O–H groups in total. The topological polar surface area (TPSA) is 30.5 Å². The predicted octanol–water partition coefficient (Wildman–Crippen LogP) is 6.93. The number of hydrogen-bond donors (Lipinski definition) is 2. The van der Waals surface area contributed by atoms with Crippen molar-refractivity contribution in [3.05, 3.63) is 58.6 Å². The molecule has 0 radical (unpaired) electrons. The van der Waals surface area contributed by atoms with Crippen molar-refractivity contribution >= 4 is 40.3 Å². The third kappa shape index (κ3) is 7.24. The Kier molecular flexibility index (Phi) is 7.99. The van der Waals surface area contributed by atoms with Crippen molar-refractivity contribution in [2.45, 2.75) is 70.4 Å². The van der Waals surface area contributed by atoms with E-state index in [2.05, 4.69) is 55.4 Å². The highest BCUT2D eigenvalue weighted by Crippen LogP contribution is 2.36. The standard InChI is InChI=1S/C26H34ClF3N4S/c1-24(2)14-20(15-25(3,4)32-24)34(16-17-7-10-19(11-8-17)33(5)6)23(35)31-22-13-18(26(28,29)30)9-12-21(22)27/h7-13,20,32H,14-16H2,1-6H3,(H,31,35). The fraction of sp³-hybridized carbons (Fsp3) is 0.500. The average Bonchev–Trinajstić information content (AvgIpc) is 2.70. The lowest BCUT2D eigenvalue weighted by molar-refractivity contribution is -0.137. The number of nitrogens with one attached hydrogen (secondary N) is 2. The Morgan fingerprint density at radius 3 is 2.14 bits per heavy atom. The molecule has 0 amide bonds. The van der Waals surface area contributed by atoms with Gasteiger partial charge in [-0.1, -0.05) is 23.7 Å². The molecular weight excluding hydrogens is 493 g/mol. The van der Waals surface area contributed by atoms with Crippen LogP contribution in [0.25, 0.3) is 0 Å². The Balaban J connectivity index is 1.94. The minimum atomic E-state index is -4.47. The molecule has 9 heteroatoms. The molecule has 1 aliphatic heterocycles. The third-order valence-corrected chi connectivity index (χ3v) is 6.88. The molecule has 0 bridgehead atoms. The zero-order valence-electron chi connectivity index (χ0n) is 21.1. The van der Waals surface area contributed by atoms with E-state index < -0.39 is 11.7 Å². The second-order valence-corrected chi connectivity index (χ2v) is 11.6. The van der Waals surface area contributed by atoms with Crippen LogP contribution in [0.2, 0.25) is 5.02 Å². The van der Waals surface area contributed by atoms with Crippen molar-refractivity contribution in [1.82, 2.24) is 10.2 Å². The van der Waals surface area contributed by atoms with Gasteiger partial charge in [0.05, 0.1) is 16.3 Å². The Bertz CT molecular complexity index is 1040. The second-order valence-electron chi connectivity index (χ2n) is 10.8. The lowest BCUT2D eigenvalue weighted by atomic mass is 9.79. The highest BCUT2D eigenvalue weighted by atomic mass is 35.5. The van der Waals surface area contributed by atoms with E-state index in [1.807, 2.05) is 31.1 Å². The van der Waals surface area contributed by atoms with Crippen LogP contribution in [-0.4, -0.2) is 41.2 Å². The SMILES string of the molecule is CN(C)c1ccc(CN(C(=S)Nc2cc(C(F)(F)F)ccc2Cl)C2CC(C)(C)NC(C)(C)C2)cc1. The van der Waals surface area contributed by atoms with Crippen LogP contribution in [0.4, 0.5) is 24.5 Å². The largest absolute Gasteiger partial charge is 0.416 e. The van der Waals surface area contributed by atoms with E-state index in [9.17, 15) is 13.2 Å². The van der Waals surface area contributed by atoms with Crippen LogP contribution in [0.5, 0.6) is 0 Å². The molecule has 1 aliphatic rings. The van der Waals surface area contributed by atoms with E-state index in [0.29, 0.717) is 11.7 Å². The zero-order chi connectivity index (χ0) is 26.2. The second kappa shape index (κ2) is 10.1. The van der Waals surface area contributed by atoms with Gasteiger partial charge in [0, 0.05) is 43.4 Å². The van der Waals surface area contributed by atoms with Gasteiger partial charge in [-0.15, -0.1) is 0 Å². The summed E-state index contributed by atoms with van der Waals surface area (Å²) in [5, 5.41) is 7.23. The Morgan fingerprint density at radius 2 is 1.63 bits per heavy atom. The van der Waals surface area contributed by atoms with Gasteiger partial charge < -0.3 is 20.4 Å². The lowest BCUT2D eigenvalue weighted by Gasteiger charge is -2.50. The molecule has 0 spiro atoms. The fourth-order valence-electron chi connectivity index (χ4n) is 4.94. The number of hydrogen-bond acceptors (Lipinski definition) is 3. The molecule has 35 heavy (non-hydrogen) atoms. The quantitative estimate of drug-likeness (QED) is 0.412. The molecule has 1 heterocycles. The molecule has 4 nitrogen and oxygen atoms in total. The number of nitrogens with zero attached hydrogens (tertiary/aromatic N) is 2. The first kappa shape index (κ1) is 27.6. The molecule has 0 atom stereocenters. The number of rotatable bonds is 5. The Morgan fingerprint density at radius 1 is 1.06 bits per heavy atom. The molecule has 192 valence electrons. The van der Waals surface area contributed by atoms with Crippen LogP contribution in [0.3, 0.4) is 0 Å². The minimum absolute atomic E-state index is 0.0688. The average molecular weight is 527 g/mol. The van der Waals surface area contributed by atoms with Gasteiger partial charge in [0.2, 0.25) is 0 Å². The minimum Gasteiger partial charge on any atom is -0.378 e. The van der Waals surface area contributed by atoms with Crippen LogP contribution in [-0.2, 0) is 12.7 Å². The molecule has 0 aliphatic carbocycles. The number of benzene rings is 2. The highest BCUT2D eigenvalue weighted by Gasteiger charge is 2.41. The monoisotopic (exact) mass is 526 g/mol. The zero-order valence-corrected chi connectivity index (χ0v) is 22.6. The molecule has 2 aromatic carbocycles. The van der Waals surface area contributed by atoms with E-state index in [1.54, 1.807) is 0 Å². The summed E-state index contributed by atoms with van der Waals surface area (Å²) >= 11 is 12.1. The van der Waals surface area contributed by atoms with Crippen LogP contribution >= 0.6 is 23.8 Å². The molecular formula is C26H34ClF3N4S. The molecule has 0 unspecified atom stereocenters. The summed E-state index contributed by atoms with van der Waals surface area (Å²) in [6, 6.07) is 11.5. The van der Waals surface area contributed by atoms with Crippen LogP contribution in [0, 0.1) is 0 Å². The van der Waals surface area contributed by atoms with Crippen molar-refractivity contribution in [3.63, 3.8) is 0 Å². The van der Waals surface area contributed by atoms with Crippen molar-refractivity contribution in [2.24, 2.45) is 0 Å². The van der Waals surface area contributed by atoms with E-state index in [0.717, 1.165) is 36.2 Å². The summed E-state index contributed by atoms with van der Waals surface area (Å²) in [6.45, 7) is 9.15. The van der Waals surface area contributed by atoms with Gasteiger partial charge in [-0.05, 0) is 88.6 Å². The van der Waals surface area contributed by atoms with Crippen LogP contribution < -0.4 is 15.5 Å². The normalized spacial score (nSPS) is 17.7. The van der Waals surface area contributed by atoms with E-state index in [4.69, 9.17) is 23.8 Å². The van der Waals surface area contributed by atoms with Crippen molar-refractivity contribution in [1.29, 1.82) is 0 Å². The van der Waals surface area contributed by atoms with E-state index in [1.165, 1.54) is 6.07 Å². The number of alkyl halides is 3. The number of thiocarbonyl (C=S) groups is 1. The first-order valence-electron chi connectivity index (χ1n) is 11.6. The van der Waals surface area contributed by atoms with Gasteiger partial charge in [-0.2, -0.15) is 13.2 Å². The van der Waals surface area contributed by atoms with Crippen LogP contribution in [0.15, 0.2) is 42.5 Å². The summed E-state index contributed by atoms with van der Waals surface area (Å²) < 4.78 is 39.9. The highest BCUT2D eigenvalue weighted by molar-refractivity contribution is 7.80. The third-order valence-electron chi connectivity index (χ3n) is 6.21. The Labute approximate surface area is 216 Å². The summed E-state index contributed by atoms with van der Waals surface area (Å²) in [4.78, 5) is 4.11. The lowest BCUT2D eigenvalue weighted by Crippen LogP contribution is -2.63. The molecule has 2 aromatic rings. The maximum atomic E-state index is 13.3. The number of piperidine rings is 1. The predicted molar refractivity (Wildman–Crippen MR) is 143 cm³/mol. The van der Waals surface area contributed by atoms with Crippen molar-refractivity contribution < 1.29 is 13.2 Å². The number of anilines is 2. The van der Waals surface area contributed by atoms with Crippen LogP contribution in [0.1, 0.15) is 51.7 Å². The fourth-order valence-corrected chi connectivity index (χ4v) is 5.42. The first-order valence-corrected chi connectivity index (χ1v) is 12.3. The van der Waals surface area contributed by atoms with Crippen molar-refractivity contribution in [3.8, 4) is 0 Å². The molecule has 3 rings (SSSR count). The summed E-state index contributed by atoms with van der Waals surface area (Å²) in [7, 11) is 3.97. The Hall–Kier alpha value is -2.03. The van der Waals surface area contributed by atoms with Crippen molar-refractivity contribution in [2.75, 3.05) is 24.3 Å². The molecule has 0 saturated carbocycles.